The van der Waals surface area contributed by atoms with E-state index in [2.05, 4.69) is 0 Å². The summed E-state index contributed by atoms with van der Waals surface area (Å²) in [7, 11) is 1.43. The number of carbonyl (C=O) groups is 1. The zero-order chi connectivity index (χ0) is 14.3. The van der Waals surface area contributed by atoms with Crippen LogP contribution < -0.4 is 15.2 Å². The summed E-state index contributed by atoms with van der Waals surface area (Å²) < 4.78 is 15.5. The van der Waals surface area contributed by atoms with Gasteiger partial charge in [0.25, 0.3) is 0 Å². The van der Waals surface area contributed by atoms with Crippen LogP contribution in [0.5, 0.6) is 11.5 Å². The SMILES string of the molecule is COc1cc(N)c(C(=O)O)cc1OCCOCCO. The monoisotopic (exact) mass is 271 g/mol. The van der Waals surface area contributed by atoms with Crippen molar-refractivity contribution in [1.29, 1.82) is 0 Å². The number of hydrogen-bond acceptors (Lipinski definition) is 6. The molecule has 7 heteroatoms. The van der Waals surface area contributed by atoms with Crippen LogP contribution in [0, 0.1) is 0 Å². The van der Waals surface area contributed by atoms with Crippen LogP contribution >= 0.6 is 0 Å². The van der Waals surface area contributed by atoms with Crippen molar-refractivity contribution in [3.05, 3.63) is 17.7 Å². The van der Waals surface area contributed by atoms with E-state index >= 15 is 0 Å². The molecule has 19 heavy (non-hydrogen) atoms. The summed E-state index contributed by atoms with van der Waals surface area (Å²) in [5.74, 6) is -0.507. The van der Waals surface area contributed by atoms with Crippen molar-refractivity contribution >= 4 is 11.7 Å². The molecule has 4 N–H and O–H groups in total. The van der Waals surface area contributed by atoms with Gasteiger partial charge in [0.05, 0.1) is 38.2 Å². The van der Waals surface area contributed by atoms with E-state index in [0.29, 0.717) is 5.75 Å². The number of nitrogen functional groups attached to an aromatic ring is 1. The molecule has 7 nitrogen and oxygen atoms in total. The lowest BCUT2D eigenvalue weighted by atomic mass is 10.1. The molecular weight excluding hydrogens is 254 g/mol. The van der Waals surface area contributed by atoms with Gasteiger partial charge in [-0.15, -0.1) is 0 Å². The second-order valence-corrected chi connectivity index (χ2v) is 3.58. The highest BCUT2D eigenvalue weighted by atomic mass is 16.5. The Bertz CT molecular complexity index is 434. The van der Waals surface area contributed by atoms with E-state index in [1.165, 1.54) is 19.2 Å². The van der Waals surface area contributed by atoms with Crippen LogP contribution in [0.1, 0.15) is 10.4 Å². The zero-order valence-electron chi connectivity index (χ0n) is 10.6. The Kier molecular flexibility index (Phi) is 5.91. The summed E-state index contributed by atoms with van der Waals surface area (Å²) in [6.45, 7) is 0.646. The van der Waals surface area contributed by atoms with Crippen molar-refractivity contribution in [3.8, 4) is 11.5 Å². The topological polar surface area (TPSA) is 111 Å². The first-order chi connectivity index (χ1) is 9.10. The van der Waals surface area contributed by atoms with E-state index in [1.807, 2.05) is 0 Å². The van der Waals surface area contributed by atoms with Crippen molar-refractivity contribution < 1.29 is 29.2 Å². The smallest absolute Gasteiger partial charge is 0.337 e. The van der Waals surface area contributed by atoms with Crippen molar-refractivity contribution in [1.82, 2.24) is 0 Å². The number of aliphatic hydroxyl groups excluding tert-OH is 1. The van der Waals surface area contributed by atoms with E-state index in [-0.39, 0.29) is 43.4 Å². The maximum Gasteiger partial charge on any atom is 0.337 e. The third-order valence-electron chi connectivity index (χ3n) is 2.29. The number of ether oxygens (including phenoxy) is 3. The fourth-order valence-electron chi connectivity index (χ4n) is 1.41. The van der Waals surface area contributed by atoms with Crippen molar-refractivity contribution in [2.75, 3.05) is 39.3 Å². The van der Waals surface area contributed by atoms with Gasteiger partial charge in [-0.3, -0.25) is 0 Å². The predicted octanol–water partition coefficient (Wildman–Crippen LogP) is 0.363. The Morgan fingerprint density at radius 3 is 2.58 bits per heavy atom. The van der Waals surface area contributed by atoms with E-state index in [1.54, 1.807) is 0 Å². The molecule has 0 spiro atoms. The number of aliphatic hydroxyl groups is 1. The zero-order valence-corrected chi connectivity index (χ0v) is 10.6. The Labute approximate surface area is 110 Å². The number of carboxylic acids is 1. The van der Waals surface area contributed by atoms with E-state index < -0.39 is 5.97 Å². The van der Waals surface area contributed by atoms with Crippen molar-refractivity contribution in [2.45, 2.75) is 0 Å². The molecule has 0 radical (unpaired) electrons. The molecule has 1 aromatic carbocycles. The molecule has 0 bridgehead atoms. The van der Waals surface area contributed by atoms with Crippen LogP contribution in [0.4, 0.5) is 5.69 Å². The summed E-state index contributed by atoms with van der Waals surface area (Å²) >= 11 is 0. The maximum atomic E-state index is 11.0. The molecule has 0 aliphatic carbocycles. The minimum absolute atomic E-state index is 0.0490. The van der Waals surface area contributed by atoms with Crippen LogP contribution in [0.2, 0.25) is 0 Å². The standard InChI is InChI=1S/C12H17NO6/c1-17-10-7-9(13)8(12(15)16)6-11(10)19-5-4-18-3-2-14/h6-7,14H,2-5,13H2,1H3,(H,15,16). The summed E-state index contributed by atoms with van der Waals surface area (Å²) in [4.78, 5) is 11.0. The average molecular weight is 271 g/mol. The van der Waals surface area contributed by atoms with Gasteiger partial charge in [-0.25, -0.2) is 4.79 Å². The van der Waals surface area contributed by atoms with Gasteiger partial charge in [-0.2, -0.15) is 0 Å². The number of carboxylic acid groups (broad SMARTS) is 1. The van der Waals surface area contributed by atoms with E-state index in [9.17, 15) is 4.79 Å². The number of hydrogen-bond donors (Lipinski definition) is 3. The van der Waals surface area contributed by atoms with Gasteiger partial charge >= 0.3 is 5.97 Å². The first-order valence-electron chi connectivity index (χ1n) is 5.62. The molecule has 106 valence electrons. The number of aromatic carboxylic acids is 1. The summed E-state index contributed by atoms with van der Waals surface area (Å²) in [6.07, 6.45) is 0. The Hall–Kier alpha value is -1.99. The van der Waals surface area contributed by atoms with Crippen LogP contribution in [0.25, 0.3) is 0 Å². The normalized spacial score (nSPS) is 10.2. The molecular formula is C12H17NO6. The highest BCUT2D eigenvalue weighted by molar-refractivity contribution is 5.94. The number of nitrogens with two attached hydrogens (primary N) is 1. The van der Waals surface area contributed by atoms with Crippen LogP contribution in [0.15, 0.2) is 12.1 Å². The van der Waals surface area contributed by atoms with Gasteiger partial charge in [0.2, 0.25) is 0 Å². The Balaban J connectivity index is 2.74. The fraction of sp³-hybridized carbons (Fsp3) is 0.417. The maximum absolute atomic E-state index is 11.0. The van der Waals surface area contributed by atoms with E-state index in [0.717, 1.165) is 0 Å². The molecule has 0 fully saturated rings. The third kappa shape index (κ3) is 4.31. The highest BCUT2D eigenvalue weighted by Gasteiger charge is 2.14. The van der Waals surface area contributed by atoms with Gasteiger partial charge in [-0.1, -0.05) is 0 Å². The van der Waals surface area contributed by atoms with Gasteiger partial charge < -0.3 is 30.2 Å². The lowest BCUT2D eigenvalue weighted by Crippen LogP contribution is -2.11. The predicted molar refractivity (Wildman–Crippen MR) is 67.8 cm³/mol. The van der Waals surface area contributed by atoms with Crippen LogP contribution in [-0.4, -0.2) is 49.7 Å². The van der Waals surface area contributed by atoms with Gasteiger partial charge in [-0.05, 0) is 0 Å². The number of methoxy groups -OCH3 is 1. The Morgan fingerprint density at radius 1 is 1.26 bits per heavy atom. The van der Waals surface area contributed by atoms with Crippen molar-refractivity contribution in [3.63, 3.8) is 0 Å². The first-order valence-corrected chi connectivity index (χ1v) is 5.62. The molecule has 0 aliphatic rings. The summed E-state index contributed by atoms with van der Waals surface area (Å²) in [5, 5.41) is 17.5. The summed E-state index contributed by atoms with van der Waals surface area (Å²) in [6, 6.07) is 2.70. The Morgan fingerprint density at radius 2 is 2.00 bits per heavy atom. The molecule has 0 aliphatic heterocycles. The molecule has 0 heterocycles. The minimum Gasteiger partial charge on any atom is -0.493 e. The number of benzene rings is 1. The molecule has 0 unspecified atom stereocenters. The largest absolute Gasteiger partial charge is 0.493 e. The quantitative estimate of drug-likeness (QED) is 0.462. The van der Waals surface area contributed by atoms with Crippen LogP contribution in [-0.2, 0) is 4.74 Å². The first kappa shape index (κ1) is 15.1. The van der Waals surface area contributed by atoms with Crippen molar-refractivity contribution in [2.24, 2.45) is 0 Å². The molecule has 0 amide bonds. The van der Waals surface area contributed by atoms with Gasteiger partial charge in [0.1, 0.15) is 6.61 Å². The lowest BCUT2D eigenvalue weighted by Gasteiger charge is -2.13. The summed E-state index contributed by atoms with van der Waals surface area (Å²) in [5.41, 5.74) is 5.65. The van der Waals surface area contributed by atoms with Gasteiger partial charge in [0.15, 0.2) is 11.5 Å². The fourth-order valence-corrected chi connectivity index (χ4v) is 1.41. The van der Waals surface area contributed by atoms with Gasteiger partial charge in [0, 0.05) is 12.1 Å². The average Bonchev–Trinajstić information content (AvgIpc) is 2.39. The number of anilines is 1. The molecule has 0 saturated carbocycles. The molecule has 0 saturated heterocycles. The second kappa shape index (κ2) is 7.45. The molecule has 1 aromatic rings. The van der Waals surface area contributed by atoms with E-state index in [4.69, 9.17) is 30.2 Å². The molecule has 0 atom stereocenters. The number of rotatable bonds is 8. The molecule has 1 rings (SSSR count). The van der Waals surface area contributed by atoms with Crippen LogP contribution in [0.3, 0.4) is 0 Å². The molecule has 0 aromatic heterocycles. The lowest BCUT2D eigenvalue weighted by molar-refractivity contribution is 0.0684. The highest BCUT2D eigenvalue weighted by Crippen LogP contribution is 2.32. The third-order valence-corrected chi connectivity index (χ3v) is 2.29. The minimum atomic E-state index is -1.14. The second-order valence-electron chi connectivity index (χ2n) is 3.58.